The molecule has 6 heteroatoms. The number of ether oxygens (including phenoxy) is 2. The molecule has 26 heavy (non-hydrogen) atoms. The highest BCUT2D eigenvalue weighted by Gasteiger charge is 2.06. The van der Waals surface area contributed by atoms with Gasteiger partial charge in [-0.2, -0.15) is 5.10 Å². The Morgan fingerprint density at radius 3 is 2.54 bits per heavy atom. The van der Waals surface area contributed by atoms with Crippen molar-refractivity contribution in [3.05, 3.63) is 59.2 Å². The second-order valence-electron chi connectivity index (χ2n) is 5.64. The summed E-state index contributed by atoms with van der Waals surface area (Å²) in [5, 5.41) is 7.58. The standard InChI is InChI=1S/C20H25N3O2S/c1-4-21-20(26)23-22-13-17-10-11-18(19(12-17)24-5-2)25-14-16-8-6-15(3)7-9-16/h6-13H,4-5,14H2,1-3H3,(H2,21,23,26)/b22-13-. The summed E-state index contributed by atoms with van der Waals surface area (Å²) in [6.45, 7) is 7.79. The van der Waals surface area contributed by atoms with Crippen molar-refractivity contribution in [3.63, 3.8) is 0 Å². The minimum atomic E-state index is 0.492. The predicted molar refractivity (Wildman–Crippen MR) is 110 cm³/mol. The van der Waals surface area contributed by atoms with Gasteiger partial charge in [-0.1, -0.05) is 29.8 Å². The molecule has 0 aliphatic carbocycles. The summed E-state index contributed by atoms with van der Waals surface area (Å²) in [7, 11) is 0. The van der Waals surface area contributed by atoms with Crippen LogP contribution in [-0.4, -0.2) is 24.5 Å². The zero-order valence-electron chi connectivity index (χ0n) is 15.4. The Morgan fingerprint density at radius 1 is 1.08 bits per heavy atom. The monoisotopic (exact) mass is 371 g/mol. The maximum absolute atomic E-state index is 5.93. The Morgan fingerprint density at radius 2 is 1.85 bits per heavy atom. The van der Waals surface area contributed by atoms with Crippen molar-refractivity contribution < 1.29 is 9.47 Å². The first kappa shape index (κ1) is 19.7. The van der Waals surface area contributed by atoms with Gasteiger partial charge in [0.05, 0.1) is 12.8 Å². The first-order chi connectivity index (χ1) is 12.6. The number of rotatable bonds is 8. The molecule has 0 atom stereocenters. The first-order valence-corrected chi connectivity index (χ1v) is 9.05. The largest absolute Gasteiger partial charge is 0.490 e. The van der Waals surface area contributed by atoms with E-state index in [9.17, 15) is 0 Å². The van der Waals surface area contributed by atoms with Crippen LogP contribution >= 0.6 is 12.2 Å². The molecular formula is C20H25N3O2S. The van der Waals surface area contributed by atoms with Crippen molar-refractivity contribution in [2.24, 2.45) is 5.10 Å². The van der Waals surface area contributed by atoms with Gasteiger partial charge in [0.2, 0.25) is 0 Å². The molecule has 0 amide bonds. The highest BCUT2D eigenvalue weighted by molar-refractivity contribution is 7.80. The number of hydrazone groups is 1. The van der Waals surface area contributed by atoms with Gasteiger partial charge < -0.3 is 14.8 Å². The van der Waals surface area contributed by atoms with Gasteiger partial charge in [0, 0.05) is 6.54 Å². The minimum absolute atomic E-state index is 0.492. The van der Waals surface area contributed by atoms with E-state index in [-0.39, 0.29) is 0 Å². The lowest BCUT2D eigenvalue weighted by molar-refractivity contribution is 0.269. The van der Waals surface area contributed by atoms with Crippen LogP contribution in [0, 0.1) is 6.92 Å². The molecule has 0 fully saturated rings. The summed E-state index contributed by atoms with van der Waals surface area (Å²) in [5.74, 6) is 1.40. The van der Waals surface area contributed by atoms with E-state index in [0.29, 0.717) is 29.8 Å². The van der Waals surface area contributed by atoms with E-state index in [4.69, 9.17) is 21.7 Å². The van der Waals surface area contributed by atoms with Gasteiger partial charge in [-0.3, -0.25) is 5.43 Å². The normalized spacial score (nSPS) is 10.6. The molecule has 0 saturated carbocycles. The van der Waals surface area contributed by atoms with Crippen LogP contribution in [0.5, 0.6) is 11.5 Å². The highest BCUT2D eigenvalue weighted by Crippen LogP contribution is 2.28. The van der Waals surface area contributed by atoms with Gasteiger partial charge >= 0.3 is 0 Å². The van der Waals surface area contributed by atoms with E-state index < -0.39 is 0 Å². The molecule has 0 radical (unpaired) electrons. The number of nitrogens with one attached hydrogen (secondary N) is 2. The van der Waals surface area contributed by atoms with Crippen LogP contribution in [0.3, 0.4) is 0 Å². The van der Waals surface area contributed by atoms with E-state index >= 15 is 0 Å². The Balaban J connectivity index is 2.03. The van der Waals surface area contributed by atoms with Crippen LogP contribution < -0.4 is 20.2 Å². The van der Waals surface area contributed by atoms with Crippen molar-refractivity contribution in [2.75, 3.05) is 13.2 Å². The third kappa shape index (κ3) is 6.37. The molecule has 5 nitrogen and oxygen atoms in total. The van der Waals surface area contributed by atoms with Gasteiger partial charge in [-0.25, -0.2) is 0 Å². The molecule has 0 aliphatic rings. The van der Waals surface area contributed by atoms with Crippen molar-refractivity contribution in [1.29, 1.82) is 0 Å². The molecule has 0 heterocycles. The predicted octanol–water partition coefficient (Wildman–Crippen LogP) is 3.79. The second-order valence-corrected chi connectivity index (χ2v) is 6.05. The van der Waals surface area contributed by atoms with E-state index in [1.807, 2.05) is 32.0 Å². The number of benzene rings is 2. The van der Waals surface area contributed by atoms with Crippen molar-refractivity contribution in [2.45, 2.75) is 27.4 Å². The Hall–Kier alpha value is -2.60. The van der Waals surface area contributed by atoms with E-state index in [2.05, 4.69) is 47.0 Å². The molecule has 138 valence electrons. The maximum Gasteiger partial charge on any atom is 0.186 e. The quantitative estimate of drug-likeness (QED) is 0.420. The summed E-state index contributed by atoms with van der Waals surface area (Å²) < 4.78 is 11.6. The first-order valence-electron chi connectivity index (χ1n) is 8.64. The number of thiocarbonyl (C=S) groups is 1. The third-order valence-electron chi connectivity index (χ3n) is 3.50. The number of nitrogens with zero attached hydrogens (tertiary/aromatic N) is 1. The smallest absolute Gasteiger partial charge is 0.186 e. The Labute approximate surface area is 160 Å². The van der Waals surface area contributed by atoms with Crippen molar-refractivity contribution in [3.8, 4) is 11.5 Å². The second kappa shape index (κ2) is 10.4. The minimum Gasteiger partial charge on any atom is -0.490 e. The Kier molecular flexibility index (Phi) is 7.89. The summed E-state index contributed by atoms with van der Waals surface area (Å²) in [6, 6.07) is 14.0. The Bertz CT molecular complexity index is 745. The van der Waals surface area contributed by atoms with Gasteiger partial charge in [0.1, 0.15) is 6.61 Å². The lowest BCUT2D eigenvalue weighted by Gasteiger charge is -2.13. The molecule has 0 aliphatic heterocycles. The van der Waals surface area contributed by atoms with E-state index in [1.165, 1.54) is 5.56 Å². The average Bonchev–Trinajstić information content (AvgIpc) is 2.63. The lowest BCUT2D eigenvalue weighted by atomic mass is 10.2. The van der Waals surface area contributed by atoms with Gasteiger partial charge in [0.25, 0.3) is 0 Å². The summed E-state index contributed by atoms with van der Waals surface area (Å²) in [6.07, 6.45) is 1.69. The molecule has 2 aromatic rings. The molecule has 0 bridgehead atoms. The molecule has 0 spiro atoms. The van der Waals surface area contributed by atoms with Crippen LogP contribution in [0.4, 0.5) is 0 Å². The SMILES string of the molecule is CCNC(=S)N/N=C\c1ccc(OCc2ccc(C)cc2)c(OCC)c1. The fraction of sp³-hybridized carbons (Fsp3) is 0.300. The fourth-order valence-corrected chi connectivity index (χ4v) is 2.40. The zero-order valence-corrected chi connectivity index (χ0v) is 16.2. The van der Waals surface area contributed by atoms with E-state index in [1.54, 1.807) is 6.21 Å². The topological polar surface area (TPSA) is 54.9 Å². The molecule has 2 N–H and O–H groups in total. The third-order valence-corrected chi connectivity index (χ3v) is 3.74. The molecule has 0 unspecified atom stereocenters. The molecule has 0 saturated heterocycles. The molecule has 0 aromatic heterocycles. The number of hydrogen-bond donors (Lipinski definition) is 2. The van der Waals surface area contributed by atoms with Crippen LogP contribution in [0.15, 0.2) is 47.6 Å². The number of aryl methyl sites for hydroxylation is 1. The van der Waals surface area contributed by atoms with Crippen molar-refractivity contribution >= 4 is 23.5 Å². The maximum atomic E-state index is 5.93. The van der Waals surface area contributed by atoms with Crippen molar-refractivity contribution in [1.82, 2.24) is 10.7 Å². The van der Waals surface area contributed by atoms with Crippen LogP contribution in [0.25, 0.3) is 0 Å². The van der Waals surface area contributed by atoms with E-state index in [0.717, 1.165) is 17.7 Å². The molecule has 2 aromatic carbocycles. The van der Waals surface area contributed by atoms with Gasteiger partial charge in [-0.15, -0.1) is 0 Å². The van der Waals surface area contributed by atoms with Gasteiger partial charge in [0.15, 0.2) is 16.6 Å². The number of hydrogen-bond acceptors (Lipinski definition) is 4. The average molecular weight is 372 g/mol. The lowest BCUT2D eigenvalue weighted by Crippen LogP contribution is -2.31. The highest BCUT2D eigenvalue weighted by atomic mass is 32.1. The summed E-state index contributed by atoms with van der Waals surface area (Å²) in [5.41, 5.74) is 6.01. The summed E-state index contributed by atoms with van der Waals surface area (Å²) >= 11 is 5.06. The fourth-order valence-electron chi connectivity index (χ4n) is 2.20. The van der Waals surface area contributed by atoms with Crippen LogP contribution in [-0.2, 0) is 6.61 Å². The van der Waals surface area contributed by atoms with Crippen LogP contribution in [0.2, 0.25) is 0 Å². The van der Waals surface area contributed by atoms with Gasteiger partial charge in [-0.05, 0) is 62.3 Å². The summed E-state index contributed by atoms with van der Waals surface area (Å²) in [4.78, 5) is 0. The molecular weight excluding hydrogens is 346 g/mol. The zero-order chi connectivity index (χ0) is 18.8. The molecule has 2 rings (SSSR count). The van der Waals surface area contributed by atoms with Crippen LogP contribution in [0.1, 0.15) is 30.5 Å².